The first kappa shape index (κ1) is 14.2. The Balaban J connectivity index is 4.37. The molecule has 0 amide bonds. The van der Waals surface area contributed by atoms with Crippen LogP contribution in [0.15, 0.2) is 36.5 Å². The van der Waals surface area contributed by atoms with Crippen LogP contribution in [0, 0.1) is 5.41 Å². The average Bonchev–Trinajstić information content (AvgIpc) is 2.17. The van der Waals surface area contributed by atoms with Gasteiger partial charge in [-0.3, -0.25) is 0 Å². The van der Waals surface area contributed by atoms with Gasteiger partial charge in [-0.15, -0.1) is 6.58 Å². The van der Waals surface area contributed by atoms with E-state index in [1.807, 2.05) is 6.08 Å². The summed E-state index contributed by atoms with van der Waals surface area (Å²) in [6.45, 7) is 14.4. The summed E-state index contributed by atoms with van der Waals surface area (Å²) in [5.74, 6) is 0. The molecule has 0 aromatic carbocycles. The lowest BCUT2D eigenvalue weighted by Crippen LogP contribution is -2.16. The molecule has 0 aliphatic rings. The molecule has 0 heterocycles. The lowest BCUT2D eigenvalue weighted by atomic mass is 9.77. The monoisotopic (exact) mass is 208 g/mol. The lowest BCUT2D eigenvalue weighted by Gasteiger charge is -2.27. The first-order chi connectivity index (χ1) is 6.96. The van der Waals surface area contributed by atoms with Crippen molar-refractivity contribution < 1.29 is 5.11 Å². The van der Waals surface area contributed by atoms with E-state index in [2.05, 4.69) is 40.0 Å². The predicted molar refractivity (Wildman–Crippen MR) is 67.8 cm³/mol. The highest BCUT2D eigenvalue weighted by molar-refractivity contribution is 5.17. The highest BCUT2D eigenvalue weighted by atomic mass is 16.2. The van der Waals surface area contributed by atoms with Crippen LogP contribution in [0.1, 0.15) is 40.0 Å². The van der Waals surface area contributed by atoms with Crippen LogP contribution in [0.2, 0.25) is 0 Å². The third-order valence-corrected chi connectivity index (χ3v) is 2.89. The first-order valence-electron chi connectivity index (χ1n) is 5.52. The summed E-state index contributed by atoms with van der Waals surface area (Å²) < 4.78 is 0. The van der Waals surface area contributed by atoms with Crippen molar-refractivity contribution in [2.24, 2.45) is 5.41 Å². The summed E-state index contributed by atoms with van der Waals surface area (Å²) in [5.41, 5.74) is 2.37. The second-order valence-corrected chi connectivity index (χ2v) is 4.52. The molecule has 1 N–H and O–H groups in total. The lowest BCUT2D eigenvalue weighted by molar-refractivity contribution is 0.287. The van der Waals surface area contributed by atoms with E-state index < -0.39 is 0 Å². The molecule has 1 nitrogen and oxygen atoms in total. The van der Waals surface area contributed by atoms with E-state index in [9.17, 15) is 0 Å². The average molecular weight is 208 g/mol. The van der Waals surface area contributed by atoms with E-state index in [4.69, 9.17) is 5.11 Å². The Morgan fingerprint density at radius 3 is 2.40 bits per heavy atom. The van der Waals surface area contributed by atoms with Gasteiger partial charge in [0.15, 0.2) is 0 Å². The maximum Gasteiger partial charge on any atom is 0.0468 e. The second-order valence-electron chi connectivity index (χ2n) is 4.52. The van der Waals surface area contributed by atoms with Crippen molar-refractivity contribution in [3.05, 3.63) is 36.5 Å². The van der Waals surface area contributed by atoms with Gasteiger partial charge in [0, 0.05) is 12.0 Å². The number of allylic oxidation sites excluding steroid dienone is 3. The van der Waals surface area contributed by atoms with Gasteiger partial charge in [-0.05, 0) is 33.1 Å². The summed E-state index contributed by atoms with van der Waals surface area (Å²) in [4.78, 5) is 0. The molecule has 0 spiro atoms. The number of aliphatic hydroxyl groups excluding tert-OH is 1. The number of hydrogen-bond donors (Lipinski definition) is 1. The Bertz CT molecular complexity index is 246. The molecule has 0 fully saturated rings. The van der Waals surface area contributed by atoms with Crippen molar-refractivity contribution in [2.45, 2.75) is 40.0 Å². The largest absolute Gasteiger partial charge is 0.396 e. The molecule has 0 saturated carbocycles. The summed E-state index contributed by atoms with van der Waals surface area (Å²) in [5, 5.41) is 8.90. The smallest absolute Gasteiger partial charge is 0.0468 e. The SMILES string of the molecule is C=CC(C)(CCC=C(C)C)C(=C)CCO. The topological polar surface area (TPSA) is 20.2 Å². The molecule has 0 bridgehead atoms. The second kappa shape index (κ2) is 6.62. The van der Waals surface area contributed by atoms with Crippen LogP contribution >= 0.6 is 0 Å². The minimum Gasteiger partial charge on any atom is -0.396 e. The van der Waals surface area contributed by atoms with Crippen molar-refractivity contribution in [1.82, 2.24) is 0 Å². The third-order valence-electron chi connectivity index (χ3n) is 2.89. The van der Waals surface area contributed by atoms with Crippen LogP contribution < -0.4 is 0 Å². The molecule has 86 valence electrons. The summed E-state index contributed by atoms with van der Waals surface area (Å²) >= 11 is 0. The molecule has 1 heteroatoms. The van der Waals surface area contributed by atoms with Gasteiger partial charge >= 0.3 is 0 Å². The molecule has 0 radical (unpaired) electrons. The Morgan fingerprint density at radius 2 is 2.00 bits per heavy atom. The van der Waals surface area contributed by atoms with E-state index in [0.29, 0.717) is 6.42 Å². The highest BCUT2D eigenvalue weighted by Gasteiger charge is 2.22. The van der Waals surface area contributed by atoms with Crippen molar-refractivity contribution in [1.29, 1.82) is 0 Å². The molecule has 1 unspecified atom stereocenters. The fraction of sp³-hybridized carbons (Fsp3) is 0.571. The minimum absolute atomic E-state index is 0.0469. The van der Waals surface area contributed by atoms with Crippen molar-refractivity contribution >= 4 is 0 Å². The van der Waals surface area contributed by atoms with Gasteiger partial charge < -0.3 is 5.11 Å². The van der Waals surface area contributed by atoms with E-state index in [1.165, 1.54) is 5.57 Å². The number of rotatable bonds is 7. The van der Waals surface area contributed by atoms with Gasteiger partial charge in [0.1, 0.15) is 0 Å². The van der Waals surface area contributed by atoms with Crippen LogP contribution in [-0.2, 0) is 0 Å². The highest BCUT2D eigenvalue weighted by Crippen LogP contribution is 2.34. The maximum absolute atomic E-state index is 8.90. The zero-order chi connectivity index (χ0) is 11.9. The quantitative estimate of drug-likeness (QED) is 0.630. The molecular formula is C14H24O. The molecule has 0 aliphatic carbocycles. The Labute approximate surface area is 94.2 Å². The van der Waals surface area contributed by atoms with Crippen molar-refractivity contribution in [3.63, 3.8) is 0 Å². The van der Waals surface area contributed by atoms with Crippen LogP contribution in [0.4, 0.5) is 0 Å². The van der Waals surface area contributed by atoms with E-state index in [-0.39, 0.29) is 12.0 Å². The van der Waals surface area contributed by atoms with E-state index in [1.54, 1.807) is 0 Å². The zero-order valence-corrected chi connectivity index (χ0v) is 10.3. The standard InChI is InChI=1S/C14H24O/c1-6-14(5,13(4)9-11-15)10-7-8-12(2)3/h6,8,15H,1,4,7,9-11H2,2-3,5H3. The summed E-state index contributed by atoms with van der Waals surface area (Å²) in [6, 6.07) is 0. The molecule has 0 aliphatic heterocycles. The zero-order valence-electron chi connectivity index (χ0n) is 10.3. The Morgan fingerprint density at radius 1 is 1.40 bits per heavy atom. The molecule has 15 heavy (non-hydrogen) atoms. The van der Waals surface area contributed by atoms with E-state index in [0.717, 1.165) is 18.4 Å². The number of hydrogen-bond acceptors (Lipinski definition) is 1. The van der Waals surface area contributed by atoms with Crippen LogP contribution in [0.5, 0.6) is 0 Å². The van der Waals surface area contributed by atoms with Crippen LogP contribution in [0.3, 0.4) is 0 Å². The maximum atomic E-state index is 8.90. The summed E-state index contributed by atoms with van der Waals surface area (Å²) in [7, 11) is 0. The Hall–Kier alpha value is -0.820. The predicted octanol–water partition coefficient (Wildman–Crippen LogP) is 3.86. The molecule has 0 saturated heterocycles. The third kappa shape index (κ3) is 4.98. The fourth-order valence-corrected chi connectivity index (χ4v) is 1.50. The van der Waals surface area contributed by atoms with Gasteiger partial charge in [-0.1, -0.05) is 36.8 Å². The van der Waals surface area contributed by atoms with Crippen molar-refractivity contribution in [2.75, 3.05) is 6.61 Å². The molecule has 0 rings (SSSR count). The van der Waals surface area contributed by atoms with Gasteiger partial charge in [0.2, 0.25) is 0 Å². The molecular weight excluding hydrogens is 184 g/mol. The fourth-order valence-electron chi connectivity index (χ4n) is 1.50. The molecule has 1 atom stereocenters. The van der Waals surface area contributed by atoms with Gasteiger partial charge in [-0.2, -0.15) is 0 Å². The summed E-state index contributed by atoms with van der Waals surface area (Å²) in [6.07, 6.45) is 6.89. The number of aliphatic hydroxyl groups is 1. The Kier molecular flexibility index (Phi) is 6.26. The minimum atomic E-state index is -0.0469. The normalized spacial score (nSPS) is 14.1. The first-order valence-corrected chi connectivity index (χ1v) is 5.52. The molecule has 0 aromatic rings. The van der Waals surface area contributed by atoms with Crippen LogP contribution in [0.25, 0.3) is 0 Å². The van der Waals surface area contributed by atoms with Gasteiger partial charge in [0.25, 0.3) is 0 Å². The molecule has 0 aromatic heterocycles. The van der Waals surface area contributed by atoms with Crippen LogP contribution in [-0.4, -0.2) is 11.7 Å². The van der Waals surface area contributed by atoms with Gasteiger partial charge in [0.05, 0.1) is 0 Å². The van der Waals surface area contributed by atoms with Gasteiger partial charge in [-0.25, -0.2) is 0 Å². The van der Waals surface area contributed by atoms with E-state index >= 15 is 0 Å². The van der Waals surface area contributed by atoms with Crippen molar-refractivity contribution in [3.8, 4) is 0 Å².